The summed E-state index contributed by atoms with van der Waals surface area (Å²) in [4.78, 5) is 22.9. The van der Waals surface area contributed by atoms with Crippen LogP contribution in [0.25, 0.3) is 6.08 Å². The smallest absolute Gasteiger partial charge is 0.271 e. The van der Waals surface area contributed by atoms with E-state index in [9.17, 15) is 20.2 Å². The largest absolute Gasteiger partial charge is 0.493 e. The normalized spacial score (nSPS) is 10.8. The van der Waals surface area contributed by atoms with E-state index in [-0.39, 0.29) is 23.6 Å². The molecule has 3 aromatic carbocycles. The number of hydrogen-bond acceptors (Lipinski definition) is 6. The van der Waals surface area contributed by atoms with Crippen LogP contribution in [0.4, 0.5) is 11.4 Å². The maximum atomic E-state index is 12.6. The number of ether oxygens (including phenoxy) is 2. The molecule has 0 aliphatic heterocycles. The van der Waals surface area contributed by atoms with E-state index in [2.05, 4.69) is 5.32 Å². The molecular formula is C24H17Cl2N3O5. The minimum Gasteiger partial charge on any atom is -0.493 e. The Hall–Kier alpha value is -4.06. The number of nitrogens with one attached hydrogen (secondary N) is 1. The van der Waals surface area contributed by atoms with Gasteiger partial charge in [0, 0.05) is 33.4 Å². The first-order chi connectivity index (χ1) is 16.3. The number of halogens is 2. The van der Waals surface area contributed by atoms with Crippen LogP contribution in [0.2, 0.25) is 10.0 Å². The zero-order valence-corrected chi connectivity index (χ0v) is 19.3. The second-order valence-corrected chi connectivity index (χ2v) is 7.64. The number of carbonyl (C=O) groups is 1. The SMILES string of the molecule is COc1ccc(/C=C(\C#N)C(=O)Nc2cccc([N+](=O)[O-])c2)cc1OCc1c(Cl)cccc1Cl. The zero-order valence-electron chi connectivity index (χ0n) is 17.7. The molecule has 0 aliphatic rings. The van der Waals surface area contributed by atoms with E-state index in [1.54, 1.807) is 36.4 Å². The number of nitro groups is 1. The van der Waals surface area contributed by atoms with E-state index in [4.69, 9.17) is 32.7 Å². The highest BCUT2D eigenvalue weighted by Crippen LogP contribution is 2.32. The second-order valence-electron chi connectivity index (χ2n) is 6.83. The Morgan fingerprint density at radius 1 is 1.12 bits per heavy atom. The van der Waals surface area contributed by atoms with Crippen LogP contribution in [0.15, 0.2) is 66.2 Å². The number of methoxy groups -OCH3 is 1. The number of non-ortho nitro benzene ring substituents is 1. The van der Waals surface area contributed by atoms with Gasteiger partial charge in [0.2, 0.25) is 0 Å². The molecule has 0 bridgehead atoms. The van der Waals surface area contributed by atoms with Crippen molar-refractivity contribution >= 4 is 46.6 Å². The molecule has 10 heteroatoms. The van der Waals surface area contributed by atoms with Crippen LogP contribution in [0.5, 0.6) is 11.5 Å². The molecule has 3 rings (SSSR count). The molecule has 0 radical (unpaired) electrons. The maximum Gasteiger partial charge on any atom is 0.271 e. The lowest BCUT2D eigenvalue weighted by Crippen LogP contribution is -2.13. The van der Waals surface area contributed by atoms with Gasteiger partial charge in [-0.25, -0.2) is 0 Å². The summed E-state index contributed by atoms with van der Waals surface area (Å²) in [5.41, 5.74) is 0.887. The molecule has 0 saturated carbocycles. The molecule has 0 heterocycles. The van der Waals surface area contributed by atoms with Crippen molar-refractivity contribution in [2.24, 2.45) is 0 Å². The van der Waals surface area contributed by atoms with E-state index in [0.29, 0.717) is 32.7 Å². The van der Waals surface area contributed by atoms with Crippen LogP contribution < -0.4 is 14.8 Å². The minimum absolute atomic E-state index is 0.0699. The maximum absolute atomic E-state index is 12.6. The van der Waals surface area contributed by atoms with Crippen LogP contribution in [0.3, 0.4) is 0 Å². The molecule has 8 nitrogen and oxygen atoms in total. The topological polar surface area (TPSA) is 114 Å². The lowest BCUT2D eigenvalue weighted by atomic mass is 10.1. The number of hydrogen-bond donors (Lipinski definition) is 1. The number of nitrogens with zero attached hydrogens (tertiary/aromatic N) is 2. The van der Waals surface area contributed by atoms with Crippen LogP contribution in [0.1, 0.15) is 11.1 Å². The molecule has 3 aromatic rings. The fourth-order valence-electron chi connectivity index (χ4n) is 2.93. The average Bonchev–Trinajstić information content (AvgIpc) is 2.82. The van der Waals surface area contributed by atoms with Gasteiger partial charge in [0.05, 0.1) is 12.0 Å². The van der Waals surface area contributed by atoms with Gasteiger partial charge in [-0.3, -0.25) is 14.9 Å². The highest BCUT2D eigenvalue weighted by atomic mass is 35.5. The van der Waals surface area contributed by atoms with E-state index in [0.717, 1.165) is 0 Å². The Labute approximate surface area is 205 Å². The van der Waals surface area contributed by atoms with Gasteiger partial charge in [-0.15, -0.1) is 0 Å². The molecule has 0 aliphatic carbocycles. The summed E-state index contributed by atoms with van der Waals surface area (Å²) in [6, 6.07) is 17.2. The van der Waals surface area contributed by atoms with Gasteiger partial charge in [-0.1, -0.05) is 41.4 Å². The van der Waals surface area contributed by atoms with Gasteiger partial charge in [0.1, 0.15) is 18.2 Å². The average molecular weight is 498 g/mol. The van der Waals surface area contributed by atoms with Crippen LogP contribution in [0, 0.1) is 21.4 Å². The molecule has 0 spiro atoms. The Morgan fingerprint density at radius 3 is 2.47 bits per heavy atom. The number of carbonyl (C=O) groups excluding carboxylic acids is 1. The third-order valence-electron chi connectivity index (χ3n) is 4.61. The van der Waals surface area contributed by atoms with Crippen molar-refractivity contribution in [3.8, 4) is 17.6 Å². The molecule has 0 atom stereocenters. The highest BCUT2D eigenvalue weighted by Gasteiger charge is 2.14. The standard InChI is InChI=1S/C24H17Cl2N3O5/c1-33-22-9-8-15(11-23(22)34-14-19-20(25)6-3-7-21(19)26)10-16(13-27)24(30)28-17-4-2-5-18(12-17)29(31)32/h2-12H,14H2,1H3,(H,28,30)/b16-10+. The lowest BCUT2D eigenvalue weighted by molar-refractivity contribution is -0.384. The first-order valence-corrected chi connectivity index (χ1v) is 10.5. The fourth-order valence-corrected chi connectivity index (χ4v) is 3.43. The monoisotopic (exact) mass is 497 g/mol. The Kier molecular flexibility index (Phi) is 8.09. The first-order valence-electron chi connectivity index (χ1n) is 9.73. The Morgan fingerprint density at radius 2 is 1.82 bits per heavy atom. The van der Waals surface area contributed by atoms with Crippen molar-refractivity contribution in [3.63, 3.8) is 0 Å². The van der Waals surface area contributed by atoms with E-state index >= 15 is 0 Å². The lowest BCUT2D eigenvalue weighted by Gasteiger charge is -2.13. The van der Waals surface area contributed by atoms with E-state index in [1.807, 2.05) is 6.07 Å². The van der Waals surface area contributed by atoms with Crippen molar-refractivity contribution in [2.75, 3.05) is 12.4 Å². The number of amides is 1. The van der Waals surface area contributed by atoms with Gasteiger partial charge in [0.25, 0.3) is 11.6 Å². The molecule has 1 amide bonds. The first kappa shape index (κ1) is 24.6. The summed E-state index contributed by atoms with van der Waals surface area (Å²) in [6.45, 7) is 0.0699. The Bertz CT molecular complexity index is 1300. The molecular weight excluding hydrogens is 481 g/mol. The van der Waals surface area contributed by atoms with Crippen molar-refractivity contribution < 1.29 is 19.2 Å². The third-order valence-corrected chi connectivity index (χ3v) is 5.32. The number of rotatable bonds is 8. The van der Waals surface area contributed by atoms with Gasteiger partial charge in [-0.2, -0.15) is 5.26 Å². The molecule has 0 unspecified atom stereocenters. The molecule has 172 valence electrons. The molecule has 1 N–H and O–H groups in total. The molecule has 34 heavy (non-hydrogen) atoms. The number of anilines is 1. The quantitative estimate of drug-likeness (QED) is 0.175. The Balaban J connectivity index is 1.83. The van der Waals surface area contributed by atoms with Gasteiger partial charge in [0.15, 0.2) is 11.5 Å². The van der Waals surface area contributed by atoms with Gasteiger partial charge in [-0.05, 0) is 42.0 Å². The van der Waals surface area contributed by atoms with Gasteiger partial charge >= 0.3 is 0 Å². The minimum atomic E-state index is -0.718. The number of nitro benzene ring substituents is 1. The van der Waals surface area contributed by atoms with Gasteiger partial charge < -0.3 is 14.8 Å². The number of nitriles is 1. The van der Waals surface area contributed by atoms with E-state index in [1.165, 1.54) is 37.5 Å². The second kappa shape index (κ2) is 11.2. The van der Waals surface area contributed by atoms with Crippen molar-refractivity contribution in [1.29, 1.82) is 5.26 Å². The molecule has 0 aromatic heterocycles. The third kappa shape index (κ3) is 6.04. The summed E-state index contributed by atoms with van der Waals surface area (Å²) in [6.07, 6.45) is 1.36. The summed E-state index contributed by atoms with van der Waals surface area (Å²) >= 11 is 12.4. The van der Waals surface area contributed by atoms with Crippen LogP contribution >= 0.6 is 23.2 Å². The van der Waals surface area contributed by atoms with Crippen molar-refractivity contribution in [3.05, 3.63) is 97.5 Å². The highest BCUT2D eigenvalue weighted by molar-refractivity contribution is 6.35. The summed E-state index contributed by atoms with van der Waals surface area (Å²) in [5.74, 6) is 0.0626. The molecule has 0 fully saturated rings. The summed E-state index contributed by atoms with van der Waals surface area (Å²) in [7, 11) is 1.48. The zero-order chi connectivity index (χ0) is 24.7. The number of benzene rings is 3. The predicted molar refractivity (Wildman–Crippen MR) is 129 cm³/mol. The van der Waals surface area contributed by atoms with E-state index < -0.39 is 10.8 Å². The van der Waals surface area contributed by atoms with Crippen molar-refractivity contribution in [1.82, 2.24) is 0 Å². The van der Waals surface area contributed by atoms with Crippen LogP contribution in [-0.2, 0) is 11.4 Å². The van der Waals surface area contributed by atoms with Crippen molar-refractivity contribution in [2.45, 2.75) is 6.61 Å². The van der Waals surface area contributed by atoms with Crippen LogP contribution in [-0.4, -0.2) is 17.9 Å². The fraction of sp³-hybridized carbons (Fsp3) is 0.0833. The predicted octanol–water partition coefficient (Wildman–Crippen LogP) is 6.03. The summed E-state index contributed by atoms with van der Waals surface area (Å²) in [5, 5.41) is 23.8. The summed E-state index contributed by atoms with van der Waals surface area (Å²) < 4.78 is 11.2. The molecule has 0 saturated heterocycles.